The van der Waals surface area contributed by atoms with E-state index in [0.29, 0.717) is 0 Å². The van der Waals surface area contributed by atoms with Crippen LogP contribution in [0.5, 0.6) is 0 Å². The molecule has 1 aromatic heterocycles. The SMILES string of the molecule is O=C(O)c1n[nH]nc1C1(F)C=CC(c2ccccc2)=CC1Cl. The van der Waals surface area contributed by atoms with Crippen LogP contribution in [-0.4, -0.2) is 31.9 Å². The molecule has 112 valence electrons. The second-order valence-corrected chi connectivity index (χ2v) is 5.29. The van der Waals surface area contributed by atoms with Crippen molar-refractivity contribution >= 4 is 23.1 Å². The number of halogens is 2. The third kappa shape index (κ3) is 2.31. The van der Waals surface area contributed by atoms with Gasteiger partial charge in [-0.2, -0.15) is 10.3 Å². The molecule has 3 rings (SSSR count). The molecule has 0 fully saturated rings. The number of carboxylic acids is 1. The topological polar surface area (TPSA) is 78.9 Å². The van der Waals surface area contributed by atoms with Gasteiger partial charge in [-0.3, -0.25) is 0 Å². The van der Waals surface area contributed by atoms with Crippen LogP contribution in [0.3, 0.4) is 0 Å². The normalized spacial score (nSPS) is 24.1. The van der Waals surface area contributed by atoms with E-state index in [-0.39, 0.29) is 5.69 Å². The first-order chi connectivity index (χ1) is 10.5. The van der Waals surface area contributed by atoms with Crippen LogP contribution in [0.4, 0.5) is 4.39 Å². The van der Waals surface area contributed by atoms with Crippen LogP contribution in [-0.2, 0) is 5.67 Å². The summed E-state index contributed by atoms with van der Waals surface area (Å²) in [7, 11) is 0. The average Bonchev–Trinajstić information content (AvgIpc) is 3.01. The Labute approximate surface area is 130 Å². The van der Waals surface area contributed by atoms with E-state index in [0.717, 1.165) is 11.1 Å². The molecule has 5 nitrogen and oxygen atoms in total. The molecule has 1 aliphatic rings. The van der Waals surface area contributed by atoms with Crippen LogP contribution in [0.15, 0.2) is 48.6 Å². The largest absolute Gasteiger partial charge is 0.476 e. The molecular weight excluding hydrogens is 309 g/mol. The summed E-state index contributed by atoms with van der Waals surface area (Å²) in [5.74, 6) is -1.36. The standard InChI is InChI=1S/C15H11ClFN3O2/c16-11-8-10(9-4-2-1-3-5-9)6-7-15(11,17)13-12(14(21)22)18-20-19-13/h1-8,11H,(H,21,22)(H,18,19,20). The fourth-order valence-electron chi connectivity index (χ4n) is 2.32. The quantitative estimate of drug-likeness (QED) is 0.853. The minimum atomic E-state index is -2.24. The first-order valence-corrected chi connectivity index (χ1v) is 6.90. The number of allylic oxidation sites excluding steroid dienone is 4. The zero-order valence-corrected chi connectivity index (χ0v) is 12.0. The number of alkyl halides is 2. The lowest BCUT2D eigenvalue weighted by Crippen LogP contribution is -2.32. The summed E-state index contributed by atoms with van der Waals surface area (Å²) in [6.45, 7) is 0. The molecule has 0 saturated carbocycles. The predicted octanol–water partition coefficient (Wildman–Crippen LogP) is 2.93. The number of hydrogen-bond acceptors (Lipinski definition) is 3. The molecule has 1 aliphatic carbocycles. The summed E-state index contributed by atoms with van der Waals surface area (Å²) in [6, 6.07) is 9.37. The summed E-state index contributed by atoms with van der Waals surface area (Å²) >= 11 is 6.16. The van der Waals surface area contributed by atoms with E-state index >= 15 is 4.39 Å². The number of aromatic amines is 1. The minimum absolute atomic E-state index is 0.334. The Bertz CT molecular complexity index is 772. The van der Waals surface area contributed by atoms with Crippen LogP contribution in [0.25, 0.3) is 5.57 Å². The number of aromatic carboxylic acids is 1. The van der Waals surface area contributed by atoms with Gasteiger partial charge in [0.2, 0.25) is 0 Å². The van der Waals surface area contributed by atoms with Gasteiger partial charge in [-0.05, 0) is 17.2 Å². The average molecular weight is 320 g/mol. The molecule has 2 aromatic rings. The van der Waals surface area contributed by atoms with Crippen molar-refractivity contribution in [1.82, 2.24) is 15.4 Å². The smallest absolute Gasteiger partial charge is 0.358 e. The van der Waals surface area contributed by atoms with Crippen molar-refractivity contribution in [2.75, 3.05) is 0 Å². The maximum absolute atomic E-state index is 15.2. The lowest BCUT2D eigenvalue weighted by atomic mass is 9.87. The highest BCUT2D eigenvalue weighted by Gasteiger charge is 2.44. The highest BCUT2D eigenvalue weighted by atomic mass is 35.5. The van der Waals surface area contributed by atoms with Crippen molar-refractivity contribution in [2.24, 2.45) is 0 Å². The Morgan fingerprint density at radius 3 is 2.68 bits per heavy atom. The van der Waals surface area contributed by atoms with Gasteiger partial charge in [0.15, 0.2) is 11.4 Å². The van der Waals surface area contributed by atoms with Crippen molar-refractivity contribution in [2.45, 2.75) is 11.0 Å². The number of hydrogen-bond donors (Lipinski definition) is 2. The lowest BCUT2D eigenvalue weighted by Gasteiger charge is -2.27. The van der Waals surface area contributed by atoms with E-state index in [1.54, 1.807) is 6.08 Å². The molecule has 2 N–H and O–H groups in total. The van der Waals surface area contributed by atoms with E-state index < -0.39 is 22.7 Å². The Morgan fingerprint density at radius 2 is 2.05 bits per heavy atom. The Hall–Kier alpha value is -2.47. The Morgan fingerprint density at radius 1 is 1.32 bits per heavy atom. The van der Waals surface area contributed by atoms with Gasteiger partial charge < -0.3 is 5.11 Å². The summed E-state index contributed by atoms with van der Waals surface area (Å²) in [5, 5.41) is 17.2. The van der Waals surface area contributed by atoms with Crippen LogP contribution in [0.2, 0.25) is 0 Å². The van der Waals surface area contributed by atoms with Crippen LogP contribution < -0.4 is 0 Å². The van der Waals surface area contributed by atoms with Gasteiger partial charge in [-0.25, -0.2) is 9.18 Å². The van der Waals surface area contributed by atoms with Crippen LogP contribution in [0.1, 0.15) is 21.7 Å². The highest BCUT2D eigenvalue weighted by molar-refractivity contribution is 6.23. The fourth-order valence-corrected chi connectivity index (χ4v) is 2.63. The molecular formula is C15H11ClFN3O2. The number of nitrogens with one attached hydrogen (secondary N) is 1. The molecule has 1 heterocycles. The van der Waals surface area contributed by atoms with Crippen molar-refractivity contribution < 1.29 is 14.3 Å². The summed E-state index contributed by atoms with van der Waals surface area (Å²) in [6.07, 6.45) is 4.32. The van der Waals surface area contributed by atoms with E-state index in [1.165, 1.54) is 12.2 Å². The van der Waals surface area contributed by atoms with E-state index in [1.807, 2.05) is 30.3 Å². The number of rotatable bonds is 3. The molecule has 1 aromatic carbocycles. The first kappa shape index (κ1) is 14.5. The number of H-pyrrole nitrogens is 1. The van der Waals surface area contributed by atoms with Gasteiger partial charge >= 0.3 is 5.97 Å². The molecule has 2 unspecified atom stereocenters. The van der Waals surface area contributed by atoms with Gasteiger partial charge in [-0.1, -0.05) is 42.5 Å². The first-order valence-electron chi connectivity index (χ1n) is 6.46. The summed E-state index contributed by atoms with van der Waals surface area (Å²) in [5.41, 5.74) is -1.39. The summed E-state index contributed by atoms with van der Waals surface area (Å²) < 4.78 is 15.2. The molecule has 7 heteroatoms. The third-order valence-corrected chi connectivity index (χ3v) is 3.90. The monoisotopic (exact) mass is 319 g/mol. The number of carbonyl (C=O) groups is 1. The Balaban J connectivity index is 1.99. The van der Waals surface area contributed by atoms with Crippen molar-refractivity contribution in [3.05, 3.63) is 65.5 Å². The minimum Gasteiger partial charge on any atom is -0.476 e. The lowest BCUT2D eigenvalue weighted by molar-refractivity contribution is 0.0683. The zero-order valence-electron chi connectivity index (χ0n) is 11.2. The highest BCUT2D eigenvalue weighted by Crippen LogP contribution is 2.40. The van der Waals surface area contributed by atoms with E-state index in [2.05, 4.69) is 15.4 Å². The van der Waals surface area contributed by atoms with E-state index in [9.17, 15) is 4.79 Å². The molecule has 0 bridgehead atoms. The second kappa shape index (κ2) is 5.38. The third-order valence-electron chi connectivity index (χ3n) is 3.45. The van der Waals surface area contributed by atoms with Gasteiger partial charge in [0, 0.05) is 0 Å². The number of benzene rings is 1. The zero-order chi connectivity index (χ0) is 15.7. The number of nitrogens with zero attached hydrogens (tertiary/aromatic N) is 2. The van der Waals surface area contributed by atoms with Gasteiger partial charge in [-0.15, -0.1) is 16.7 Å². The van der Waals surface area contributed by atoms with Crippen molar-refractivity contribution in [3.63, 3.8) is 0 Å². The molecule has 0 spiro atoms. The molecule has 22 heavy (non-hydrogen) atoms. The maximum atomic E-state index is 15.2. The molecule has 0 radical (unpaired) electrons. The molecule has 0 amide bonds. The second-order valence-electron chi connectivity index (χ2n) is 4.82. The van der Waals surface area contributed by atoms with Crippen LogP contribution >= 0.6 is 11.6 Å². The Kier molecular flexibility index (Phi) is 3.54. The number of carboxylic acid groups (broad SMARTS) is 1. The van der Waals surface area contributed by atoms with Gasteiger partial charge in [0.25, 0.3) is 0 Å². The summed E-state index contributed by atoms with van der Waals surface area (Å²) in [4.78, 5) is 11.1. The predicted molar refractivity (Wildman–Crippen MR) is 79.3 cm³/mol. The molecule has 0 saturated heterocycles. The van der Waals surface area contributed by atoms with Gasteiger partial charge in [0.1, 0.15) is 5.69 Å². The maximum Gasteiger partial charge on any atom is 0.358 e. The van der Waals surface area contributed by atoms with Crippen LogP contribution in [0, 0.1) is 0 Å². The van der Waals surface area contributed by atoms with Gasteiger partial charge in [0.05, 0.1) is 5.38 Å². The van der Waals surface area contributed by atoms with E-state index in [4.69, 9.17) is 16.7 Å². The van der Waals surface area contributed by atoms with Crippen molar-refractivity contribution in [1.29, 1.82) is 0 Å². The fraction of sp³-hybridized carbons (Fsp3) is 0.133. The molecule has 0 aliphatic heterocycles. The molecule has 2 atom stereocenters. The van der Waals surface area contributed by atoms with Crippen molar-refractivity contribution in [3.8, 4) is 0 Å². The number of aromatic nitrogens is 3.